The van der Waals surface area contributed by atoms with Gasteiger partial charge in [0.2, 0.25) is 0 Å². The van der Waals surface area contributed by atoms with Crippen LogP contribution in [0.4, 0.5) is 0 Å². The summed E-state index contributed by atoms with van der Waals surface area (Å²) in [6, 6.07) is 9.95. The Morgan fingerprint density at radius 1 is 1.21 bits per heavy atom. The Labute approximate surface area is 84.4 Å². The normalized spacial score (nSPS) is 15.1. The Kier molecular flexibility index (Phi) is 4.59. The smallest absolute Gasteiger partial charge is 0.0920 e. The first-order valence-corrected chi connectivity index (χ1v) is 4.81. The molecule has 0 bridgehead atoms. The summed E-state index contributed by atoms with van der Waals surface area (Å²) >= 11 is 0. The average molecular weight is 195 g/mol. The molecule has 3 nitrogen and oxygen atoms in total. The lowest BCUT2D eigenvalue weighted by Crippen LogP contribution is -2.34. The molecule has 0 unspecified atom stereocenters. The fraction of sp³-hybridized carbons (Fsp3) is 0.455. The Morgan fingerprint density at radius 3 is 2.43 bits per heavy atom. The number of hydrogen-bond acceptors (Lipinski definition) is 3. The van der Waals surface area contributed by atoms with Gasteiger partial charge in [0.15, 0.2) is 0 Å². The molecule has 0 radical (unpaired) electrons. The summed E-state index contributed by atoms with van der Waals surface area (Å²) in [4.78, 5) is 0. The van der Waals surface area contributed by atoms with Crippen LogP contribution in [0.2, 0.25) is 0 Å². The molecule has 0 aliphatic rings. The fourth-order valence-corrected chi connectivity index (χ4v) is 1.13. The molecule has 3 heteroatoms. The van der Waals surface area contributed by atoms with Crippen LogP contribution >= 0.6 is 0 Å². The molecule has 14 heavy (non-hydrogen) atoms. The molecule has 0 aromatic heterocycles. The lowest BCUT2D eigenvalue weighted by molar-refractivity contribution is 0.0318. The van der Waals surface area contributed by atoms with E-state index in [1.54, 1.807) is 6.92 Å². The minimum absolute atomic E-state index is 0.409. The minimum Gasteiger partial charge on any atom is -0.391 e. The van der Waals surface area contributed by atoms with E-state index in [0.29, 0.717) is 13.1 Å². The van der Waals surface area contributed by atoms with Crippen LogP contribution in [0.25, 0.3) is 0 Å². The van der Waals surface area contributed by atoms with E-state index in [1.807, 2.05) is 30.3 Å². The highest BCUT2D eigenvalue weighted by molar-refractivity contribution is 5.14. The van der Waals surface area contributed by atoms with Crippen LogP contribution in [0.5, 0.6) is 0 Å². The second kappa shape index (κ2) is 5.75. The molecule has 0 aliphatic heterocycles. The molecule has 1 aromatic rings. The standard InChI is InChI=1S/C11H17NO2/c1-9(13)11(14)8-12-7-10-5-3-2-4-6-10/h2-6,9,11-14H,7-8H2,1H3/t9-,11+/m1/s1. The van der Waals surface area contributed by atoms with Crippen LogP contribution in [0.3, 0.4) is 0 Å². The zero-order chi connectivity index (χ0) is 10.4. The molecule has 0 heterocycles. The summed E-state index contributed by atoms with van der Waals surface area (Å²) in [6.45, 7) is 2.70. The van der Waals surface area contributed by atoms with Crippen molar-refractivity contribution in [1.29, 1.82) is 0 Å². The van der Waals surface area contributed by atoms with Gasteiger partial charge >= 0.3 is 0 Å². The quantitative estimate of drug-likeness (QED) is 0.642. The zero-order valence-corrected chi connectivity index (χ0v) is 8.35. The second-order valence-electron chi connectivity index (χ2n) is 3.42. The molecule has 3 N–H and O–H groups in total. The molecule has 0 amide bonds. The van der Waals surface area contributed by atoms with E-state index in [4.69, 9.17) is 5.11 Å². The van der Waals surface area contributed by atoms with Crippen LogP contribution in [0, 0.1) is 0 Å². The van der Waals surface area contributed by atoms with E-state index in [2.05, 4.69) is 5.32 Å². The van der Waals surface area contributed by atoms with Gasteiger partial charge in [-0.05, 0) is 12.5 Å². The minimum atomic E-state index is -0.696. The van der Waals surface area contributed by atoms with Gasteiger partial charge in [-0.15, -0.1) is 0 Å². The van der Waals surface area contributed by atoms with Crippen molar-refractivity contribution in [2.45, 2.75) is 25.7 Å². The Morgan fingerprint density at radius 2 is 1.86 bits per heavy atom. The lowest BCUT2D eigenvalue weighted by Gasteiger charge is -2.14. The molecule has 0 fully saturated rings. The molecule has 78 valence electrons. The van der Waals surface area contributed by atoms with E-state index in [0.717, 1.165) is 0 Å². The molecule has 0 saturated carbocycles. The highest BCUT2D eigenvalue weighted by Gasteiger charge is 2.09. The summed E-state index contributed by atoms with van der Waals surface area (Å²) in [5.74, 6) is 0. The van der Waals surface area contributed by atoms with Crippen molar-refractivity contribution in [3.63, 3.8) is 0 Å². The Bertz CT molecular complexity index is 249. The summed E-state index contributed by atoms with van der Waals surface area (Å²) in [5.41, 5.74) is 1.17. The maximum absolute atomic E-state index is 9.29. The van der Waals surface area contributed by atoms with Crippen molar-refractivity contribution in [2.24, 2.45) is 0 Å². The number of rotatable bonds is 5. The summed E-state index contributed by atoms with van der Waals surface area (Å²) in [7, 11) is 0. The molecule has 1 rings (SSSR count). The van der Waals surface area contributed by atoms with Crippen molar-refractivity contribution in [3.05, 3.63) is 35.9 Å². The van der Waals surface area contributed by atoms with Gasteiger partial charge in [-0.3, -0.25) is 0 Å². The van der Waals surface area contributed by atoms with Gasteiger partial charge in [0.05, 0.1) is 12.2 Å². The SMILES string of the molecule is C[C@@H](O)[C@@H](O)CNCc1ccccc1. The zero-order valence-electron chi connectivity index (χ0n) is 8.35. The molecule has 1 aromatic carbocycles. The van der Waals surface area contributed by atoms with Gasteiger partial charge in [-0.1, -0.05) is 30.3 Å². The predicted octanol–water partition coefficient (Wildman–Crippen LogP) is 0.518. The fourth-order valence-electron chi connectivity index (χ4n) is 1.13. The van der Waals surface area contributed by atoms with E-state index in [9.17, 15) is 5.11 Å². The van der Waals surface area contributed by atoms with Gasteiger partial charge < -0.3 is 15.5 Å². The van der Waals surface area contributed by atoms with Crippen LogP contribution in [0.15, 0.2) is 30.3 Å². The highest BCUT2D eigenvalue weighted by atomic mass is 16.3. The van der Waals surface area contributed by atoms with Crippen molar-refractivity contribution in [2.75, 3.05) is 6.54 Å². The van der Waals surface area contributed by atoms with E-state index < -0.39 is 12.2 Å². The van der Waals surface area contributed by atoms with Crippen LogP contribution in [-0.4, -0.2) is 29.0 Å². The number of aliphatic hydroxyl groups is 2. The highest BCUT2D eigenvalue weighted by Crippen LogP contribution is 1.97. The van der Waals surface area contributed by atoms with Gasteiger partial charge in [-0.2, -0.15) is 0 Å². The molecule has 0 aliphatic carbocycles. The van der Waals surface area contributed by atoms with Crippen molar-refractivity contribution in [1.82, 2.24) is 5.32 Å². The molecule has 0 saturated heterocycles. The molecular formula is C11H17NO2. The third-order valence-electron chi connectivity index (χ3n) is 2.08. The number of hydrogen-bond donors (Lipinski definition) is 3. The lowest BCUT2D eigenvalue weighted by atomic mass is 10.2. The average Bonchev–Trinajstić information content (AvgIpc) is 2.19. The Hall–Kier alpha value is -0.900. The summed E-state index contributed by atoms with van der Waals surface area (Å²) in [6.07, 6.45) is -1.38. The summed E-state index contributed by atoms with van der Waals surface area (Å²) in [5, 5.41) is 21.4. The van der Waals surface area contributed by atoms with Crippen LogP contribution in [0.1, 0.15) is 12.5 Å². The van der Waals surface area contributed by atoms with Crippen LogP contribution in [-0.2, 0) is 6.54 Å². The van der Waals surface area contributed by atoms with E-state index in [-0.39, 0.29) is 0 Å². The van der Waals surface area contributed by atoms with Crippen molar-refractivity contribution >= 4 is 0 Å². The van der Waals surface area contributed by atoms with Gasteiger partial charge in [-0.25, -0.2) is 0 Å². The molecule has 2 atom stereocenters. The van der Waals surface area contributed by atoms with Gasteiger partial charge in [0, 0.05) is 13.1 Å². The largest absolute Gasteiger partial charge is 0.391 e. The van der Waals surface area contributed by atoms with Gasteiger partial charge in [0.1, 0.15) is 0 Å². The van der Waals surface area contributed by atoms with E-state index >= 15 is 0 Å². The first-order chi connectivity index (χ1) is 6.70. The number of benzene rings is 1. The first-order valence-electron chi connectivity index (χ1n) is 4.81. The Balaban J connectivity index is 2.22. The molecule has 0 spiro atoms. The third-order valence-corrected chi connectivity index (χ3v) is 2.08. The van der Waals surface area contributed by atoms with Crippen molar-refractivity contribution < 1.29 is 10.2 Å². The maximum atomic E-state index is 9.29. The molecular weight excluding hydrogens is 178 g/mol. The van der Waals surface area contributed by atoms with E-state index in [1.165, 1.54) is 5.56 Å². The van der Waals surface area contributed by atoms with Gasteiger partial charge in [0.25, 0.3) is 0 Å². The third kappa shape index (κ3) is 3.87. The summed E-state index contributed by atoms with van der Waals surface area (Å²) < 4.78 is 0. The topological polar surface area (TPSA) is 52.5 Å². The maximum Gasteiger partial charge on any atom is 0.0920 e. The monoisotopic (exact) mass is 195 g/mol. The van der Waals surface area contributed by atoms with Crippen molar-refractivity contribution in [3.8, 4) is 0 Å². The number of aliphatic hydroxyl groups excluding tert-OH is 2. The second-order valence-corrected chi connectivity index (χ2v) is 3.42. The van der Waals surface area contributed by atoms with Crippen LogP contribution < -0.4 is 5.32 Å². The predicted molar refractivity (Wildman–Crippen MR) is 55.8 cm³/mol. The first kappa shape index (κ1) is 11.2. The number of nitrogens with one attached hydrogen (secondary N) is 1.